The molecule has 104 valence electrons. The summed E-state index contributed by atoms with van der Waals surface area (Å²) in [6.07, 6.45) is 1.02. The monoisotopic (exact) mass is 289 g/mol. The van der Waals surface area contributed by atoms with Crippen molar-refractivity contribution >= 4 is 33.8 Å². The SMILES string of the molecule is CCc1ccsc1CNc1cc2[nH]c(=O)oc2cc1N. The van der Waals surface area contributed by atoms with Crippen molar-refractivity contribution < 1.29 is 4.42 Å². The maximum absolute atomic E-state index is 11.2. The topological polar surface area (TPSA) is 84.0 Å². The van der Waals surface area contributed by atoms with Crippen LogP contribution in [0.4, 0.5) is 11.4 Å². The van der Waals surface area contributed by atoms with Crippen LogP contribution in [0, 0.1) is 0 Å². The number of benzene rings is 1. The number of H-pyrrole nitrogens is 1. The zero-order chi connectivity index (χ0) is 14.1. The van der Waals surface area contributed by atoms with Crippen LogP contribution >= 0.6 is 11.3 Å². The Kier molecular flexibility index (Phi) is 3.23. The second kappa shape index (κ2) is 5.05. The van der Waals surface area contributed by atoms with Crippen molar-refractivity contribution in [2.45, 2.75) is 19.9 Å². The molecule has 3 rings (SSSR count). The number of fused-ring (bicyclic) bond motifs is 1. The first-order valence-electron chi connectivity index (χ1n) is 6.39. The molecule has 0 unspecified atom stereocenters. The molecule has 0 aliphatic heterocycles. The number of nitrogen functional groups attached to an aromatic ring is 1. The van der Waals surface area contributed by atoms with Gasteiger partial charge < -0.3 is 15.5 Å². The lowest BCUT2D eigenvalue weighted by Crippen LogP contribution is -2.02. The van der Waals surface area contributed by atoms with Crippen molar-refractivity contribution in [2.75, 3.05) is 11.1 Å². The summed E-state index contributed by atoms with van der Waals surface area (Å²) in [4.78, 5) is 15.1. The number of thiophene rings is 1. The molecule has 0 saturated heterocycles. The molecule has 1 aromatic carbocycles. The van der Waals surface area contributed by atoms with Crippen molar-refractivity contribution in [2.24, 2.45) is 0 Å². The van der Waals surface area contributed by atoms with Crippen LogP contribution in [0.3, 0.4) is 0 Å². The highest BCUT2D eigenvalue weighted by Gasteiger charge is 2.08. The molecule has 0 radical (unpaired) electrons. The first kappa shape index (κ1) is 12.8. The molecule has 0 aliphatic carbocycles. The van der Waals surface area contributed by atoms with Crippen LogP contribution in [-0.4, -0.2) is 4.98 Å². The van der Waals surface area contributed by atoms with Gasteiger partial charge in [0.15, 0.2) is 5.58 Å². The van der Waals surface area contributed by atoms with Gasteiger partial charge in [0.05, 0.1) is 16.9 Å². The van der Waals surface area contributed by atoms with Crippen LogP contribution in [0.25, 0.3) is 11.1 Å². The third-order valence-electron chi connectivity index (χ3n) is 3.25. The molecular weight excluding hydrogens is 274 g/mol. The Morgan fingerprint density at radius 3 is 3.10 bits per heavy atom. The summed E-state index contributed by atoms with van der Waals surface area (Å²) >= 11 is 1.73. The fourth-order valence-electron chi connectivity index (χ4n) is 2.18. The predicted octanol–water partition coefficient (Wildman–Crippen LogP) is 2.94. The van der Waals surface area contributed by atoms with Gasteiger partial charge in [-0.15, -0.1) is 11.3 Å². The van der Waals surface area contributed by atoms with Crippen LogP contribution < -0.4 is 16.8 Å². The van der Waals surface area contributed by atoms with Crippen molar-refractivity contribution in [3.8, 4) is 0 Å². The number of hydrogen-bond acceptors (Lipinski definition) is 5. The summed E-state index contributed by atoms with van der Waals surface area (Å²) in [5.41, 5.74) is 9.80. The Balaban J connectivity index is 1.87. The third kappa shape index (κ3) is 2.30. The minimum absolute atomic E-state index is 0.469. The standard InChI is InChI=1S/C14H15N3O2S/c1-2-8-3-4-20-13(8)7-16-10-6-11-12(5-9(10)15)19-14(18)17-11/h3-6,16H,2,7,15H2,1H3,(H,17,18). The molecule has 2 heterocycles. The summed E-state index contributed by atoms with van der Waals surface area (Å²) in [5, 5.41) is 5.41. The van der Waals surface area contributed by atoms with Gasteiger partial charge in [-0.3, -0.25) is 4.98 Å². The maximum atomic E-state index is 11.2. The number of rotatable bonds is 4. The van der Waals surface area contributed by atoms with E-state index in [1.807, 2.05) is 0 Å². The van der Waals surface area contributed by atoms with E-state index in [4.69, 9.17) is 10.2 Å². The van der Waals surface area contributed by atoms with E-state index in [0.29, 0.717) is 16.8 Å². The fourth-order valence-corrected chi connectivity index (χ4v) is 3.09. The minimum atomic E-state index is -0.469. The Bertz CT molecular complexity index is 800. The van der Waals surface area contributed by atoms with E-state index in [-0.39, 0.29) is 0 Å². The quantitative estimate of drug-likeness (QED) is 0.645. The minimum Gasteiger partial charge on any atom is -0.408 e. The van der Waals surface area contributed by atoms with Gasteiger partial charge in [0.25, 0.3) is 0 Å². The molecule has 0 fully saturated rings. The lowest BCUT2D eigenvalue weighted by molar-refractivity contribution is 0.555. The lowest BCUT2D eigenvalue weighted by Gasteiger charge is -2.09. The molecule has 0 atom stereocenters. The molecule has 0 spiro atoms. The van der Waals surface area contributed by atoms with Gasteiger partial charge in [-0.2, -0.15) is 0 Å². The summed E-state index contributed by atoms with van der Waals surface area (Å²) in [6, 6.07) is 5.60. The van der Waals surface area contributed by atoms with Gasteiger partial charge in [-0.05, 0) is 29.5 Å². The maximum Gasteiger partial charge on any atom is 0.417 e. The molecule has 0 saturated carbocycles. The van der Waals surface area contributed by atoms with E-state index in [2.05, 4.69) is 28.7 Å². The number of aromatic nitrogens is 1. The van der Waals surface area contributed by atoms with Crippen molar-refractivity contribution in [3.05, 3.63) is 44.6 Å². The largest absolute Gasteiger partial charge is 0.417 e. The second-order valence-corrected chi connectivity index (χ2v) is 5.53. The molecule has 3 aromatic rings. The number of hydrogen-bond donors (Lipinski definition) is 3. The van der Waals surface area contributed by atoms with Gasteiger partial charge in [0, 0.05) is 17.5 Å². The molecule has 20 heavy (non-hydrogen) atoms. The number of aromatic amines is 1. The molecule has 0 bridgehead atoms. The van der Waals surface area contributed by atoms with Gasteiger partial charge in [-0.25, -0.2) is 4.79 Å². The van der Waals surface area contributed by atoms with E-state index in [1.54, 1.807) is 23.5 Å². The van der Waals surface area contributed by atoms with Crippen LogP contribution in [0.15, 0.2) is 32.8 Å². The highest BCUT2D eigenvalue weighted by molar-refractivity contribution is 7.10. The number of nitrogens with one attached hydrogen (secondary N) is 2. The van der Waals surface area contributed by atoms with Crippen molar-refractivity contribution in [1.29, 1.82) is 0 Å². The Labute approximate surface area is 119 Å². The first-order valence-corrected chi connectivity index (χ1v) is 7.27. The summed E-state index contributed by atoms with van der Waals surface area (Å²) in [5.74, 6) is -0.469. The summed E-state index contributed by atoms with van der Waals surface area (Å²) in [7, 11) is 0. The Morgan fingerprint density at radius 1 is 1.45 bits per heavy atom. The van der Waals surface area contributed by atoms with E-state index in [9.17, 15) is 4.79 Å². The summed E-state index contributed by atoms with van der Waals surface area (Å²) < 4.78 is 4.97. The van der Waals surface area contributed by atoms with E-state index in [0.717, 1.165) is 18.7 Å². The molecule has 6 heteroatoms. The number of anilines is 2. The molecule has 2 aromatic heterocycles. The highest BCUT2D eigenvalue weighted by Crippen LogP contribution is 2.26. The van der Waals surface area contributed by atoms with Gasteiger partial charge in [-0.1, -0.05) is 6.92 Å². The lowest BCUT2D eigenvalue weighted by atomic mass is 10.2. The first-order chi connectivity index (χ1) is 9.67. The Morgan fingerprint density at radius 2 is 2.30 bits per heavy atom. The zero-order valence-corrected chi connectivity index (χ0v) is 11.8. The average molecular weight is 289 g/mol. The van der Waals surface area contributed by atoms with E-state index < -0.39 is 5.76 Å². The Hall–Kier alpha value is -2.21. The van der Waals surface area contributed by atoms with Crippen molar-refractivity contribution in [1.82, 2.24) is 4.98 Å². The van der Waals surface area contributed by atoms with Crippen LogP contribution in [0.2, 0.25) is 0 Å². The highest BCUT2D eigenvalue weighted by atomic mass is 32.1. The molecule has 4 N–H and O–H groups in total. The third-order valence-corrected chi connectivity index (χ3v) is 4.21. The van der Waals surface area contributed by atoms with Crippen molar-refractivity contribution in [3.63, 3.8) is 0 Å². The fraction of sp³-hybridized carbons (Fsp3) is 0.214. The van der Waals surface area contributed by atoms with Gasteiger partial charge in [0.2, 0.25) is 0 Å². The van der Waals surface area contributed by atoms with Gasteiger partial charge >= 0.3 is 5.76 Å². The second-order valence-electron chi connectivity index (χ2n) is 4.53. The van der Waals surface area contributed by atoms with Crippen LogP contribution in [0.1, 0.15) is 17.4 Å². The normalized spacial score (nSPS) is 11.1. The molecule has 0 amide bonds. The average Bonchev–Trinajstić information content (AvgIpc) is 3.00. The molecule has 5 nitrogen and oxygen atoms in total. The van der Waals surface area contributed by atoms with Crippen LogP contribution in [-0.2, 0) is 13.0 Å². The van der Waals surface area contributed by atoms with E-state index >= 15 is 0 Å². The molecular formula is C14H15N3O2S. The summed E-state index contributed by atoms with van der Waals surface area (Å²) in [6.45, 7) is 2.86. The smallest absolute Gasteiger partial charge is 0.408 e. The predicted molar refractivity (Wildman–Crippen MR) is 82.3 cm³/mol. The number of nitrogens with two attached hydrogens (primary N) is 1. The molecule has 0 aliphatic rings. The number of oxazole rings is 1. The van der Waals surface area contributed by atoms with E-state index in [1.165, 1.54) is 10.4 Å². The zero-order valence-electron chi connectivity index (χ0n) is 11.0. The van der Waals surface area contributed by atoms with Crippen LogP contribution in [0.5, 0.6) is 0 Å². The van der Waals surface area contributed by atoms with Gasteiger partial charge in [0.1, 0.15) is 0 Å². The number of aryl methyl sites for hydroxylation is 1.